The van der Waals surface area contributed by atoms with Crippen LogP contribution in [0.4, 0.5) is 0 Å². The number of hydrogen-bond acceptors (Lipinski definition) is 2. The first-order chi connectivity index (χ1) is 19.1. The van der Waals surface area contributed by atoms with E-state index < -0.39 is 0 Å². The van der Waals surface area contributed by atoms with Gasteiger partial charge in [-0.3, -0.25) is 0 Å². The summed E-state index contributed by atoms with van der Waals surface area (Å²) >= 11 is 0. The molecule has 2 nitrogen and oxygen atoms in total. The zero-order valence-corrected chi connectivity index (χ0v) is 27.3. The number of unbranched alkanes of at least 4 members (excludes halogenated alkanes) is 25. The predicted molar refractivity (Wildman–Crippen MR) is 175 cm³/mol. The number of carbonyl (C=O) groups is 1. The average molecular weight is 549 g/mol. The monoisotopic (exact) mass is 549 g/mol. The van der Waals surface area contributed by atoms with Gasteiger partial charge < -0.3 is 4.74 Å². The van der Waals surface area contributed by atoms with Crippen LogP contribution in [-0.4, -0.2) is 12.6 Å². The Kier molecular flexibility index (Phi) is 31.1. The summed E-state index contributed by atoms with van der Waals surface area (Å²) in [6, 6.07) is 0. The lowest BCUT2D eigenvalue weighted by atomic mass is 9.94. The number of carbonyl (C=O) groups excluding carboxylic acids is 1. The predicted octanol–water partition coefficient (Wildman–Crippen LogP) is 13.1. The van der Waals surface area contributed by atoms with E-state index in [9.17, 15) is 4.79 Å². The maximum atomic E-state index is 11.9. The molecule has 1 unspecified atom stereocenters. The minimum atomic E-state index is -0.216. The van der Waals surface area contributed by atoms with Crippen LogP contribution in [0.25, 0.3) is 0 Å². The molecule has 0 aliphatic heterocycles. The summed E-state index contributed by atoms with van der Waals surface area (Å²) in [6.07, 6.45) is 40.2. The summed E-state index contributed by atoms with van der Waals surface area (Å²) in [7, 11) is 0. The number of esters is 1. The Morgan fingerprint density at radius 2 is 0.744 bits per heavy atom. The standard InChI is InChI=1S/C37H72O2/c1-5-7-9-11-13-15-17-19-21-23-25-27-29-31-33-36(34-39-37(38)35(3)4)32-30-28-26-24-22-20-18-16-14-12-10-8-6-2/h36H,3,5-34H2,1-2,4H3. The molecule has 0 aromatic carbocycles. The van der Waals surface area contributed by atoms with Crippen molar-refractivity contribution < 1.29 is 9.53 Å². The molecule has 2 heteroatoms. The molecule has 0 amide bonds. The summed E-state index contributed by atoms with van der Waals surface area (Å²) in [5.41, 5.74) is 0.520. The zero-order valence-electron chi connectivity index (χ0n) is 27.3. The van der Waals surface area contributed by atoms with Gasteiger partial charge >= 0.3 is 5.97 Å². The van der Waals surface area contributed by atoms with E-state index in [4.69, 9.17) is 4.74 Å². The van der Waals surface area contributed by atoms with Gasteiger partial charge in [0, 0.05) is 5.57 Å². The zero-order chi connectivity index (χ0) is 28.7. The second-order valence-corrected chi connectivity index (χ2v) is 12.7. The van der Waals surface area contributed by atoms with Crippen LogP contribution in [0.3, 0.4) is 0 Å². The van der Waals surface area contributed by atoms with Crippen molar-refractivity contribution in [3.63, 3.8) is 0 Å². The van der Waals surface area contributed by atoms with Gasteiger partial charge in [0.1, 0.15) is 0 Å². The molecule has 0 N–H and O–H groups in total. The third kappa shape index (κ3) is 30.0. The van der Waals surface area contributed by atoms with E-state index in [1.54, 1.807) is 6.92 Å². The Morgan fingerprint density at radius 1 is 0.487 bits per heavy atom. The summed E-state index contributed by atoms with van der Waals surface area (Å²) in [5, 5.41) is 0. The summed E-state index contributed by atoms with van der Waals surface area (Å²) in [5.74, 6) is 0.310. The van der Waals surface area contributed by atoms with Gasteiger partial charge in [-0.2, -0.15) is 0 Å². The lowest BCUT2D eigenvalue weighted by molar-refractivity contribution is -0.140. The fourth-order valence-corrected chi connectivity index (χ4v) is 5.71. The highest BCUT2D eigenvalue weighted by Crippen LogP contribution is 2.21. The smallest absolute Gasteiger partial charge is 0.333 e. The third-order valence-corrected chi connectivity index (χ3v) is 8.48. The van der Waals surface area contributed by atoms with Gasteiger partial charge in [0.2, 0.25) is 0 Å². The first kappa shape index (κ1) is 38.2. The Hall–Kier alpha value is -0.790. The van der Waals surface area contributed by atoms with E-state index in [1.807, 2.05) is 0 Å². The second-order valence-electron chi connectivity index (χ2n) is 12.7. The van der Waals surface area contributed by atoms with Gasteiger partial charge in [-0.1, -0.05) is 194 Å². The van der Waals surface area contributed by atoms with Crippen molar-refractivity contribution in [1.82, 2.24) is 0 Å². The molecule has 39 heavy (non-hydrogen) atoms. The average Bonchev–Trinajstić information content (AvgIpc) is 2.93. The molecule has 0 aliphatic rings. The van der Waals surface area contributed by atoms with Gasteiger partial charge in [0.25, 0.3) is 0 Å². The summed E-state index contributed by atoms with van der Waals surface area (Å²) < 4.78 is 5.56. The van der Waals surface area contributed by atoms with E-state index in [0.717, 1.165) is 0 Å². The van der Waals surface area contributed by atoms with Crippen LogP contribution in [0.2, 0.25) is 0 Å². The van der Waals surface area contributed by atoms with Crippen LogP contribution < -0.4 is 0 Å². The van der Waals surface area contributed by atoms with E-state index in [2.05, 4.69) is 20.4 Å². The molecule has 0 aliphatic carbocycles. The molecule has 0 saturated heterocycles. The molecular weight excluding hydrogens is 476 g/mol. The molecule has 0 spiro atoms. The Bertz CT molecular complexity index is 512. The van der Waals surface area contributed by atoms with Gasteiger partial charge in [-0.25, -0.2) is 4.79 Å². The fourth-order valence-electron chi connectivity index (χ4n) is 5.71. The van der Waals surface area contributed by atoms with E-state index in [1.165, 1.54) is 186 Å². The molecule has 0 radical (unpaired) electrons. The molecule has 232 valence electrons. The Labute approximate surface area is 246 Å². The molecule has 0 aromatic rings. The molecule has 0 saturated carbocycles. The van der Waals surface area contributed by atoms with E-state index in [0.29, 0.717) is 18.1 Å². The maximum Gasteiger partial charge on any atom is 0.333 e. The first-order valence-corrected chi connectivity index (χ1v) is 17.9. The number of hydrogen-bond donors (Lipinski definition) is 0. The quantitative estimate of drug-likeness (QED) is 0.0474. The normalized spacial score (nSPS) is 12.1. The first-order valence-electron chi connectivity index (χ1n) is 17.9. The molecule has 0 fully saturated rings. The molecule has 0 aromatic heterocycles. The van der Waals surface area contributed by atoms with Crippen molar-refractivity contribution in [2.24, 2.45) is 5.92 Å². The number of ether oxygens (including phenoxy) is 1. The SMILES string of the molecule is C=C(C)C(=O)OCC(CCCCCCCCCCCCCCC)CCCCCCCCCCCCCCCC. The molecule has 0 bridgehead atoms. The van der Waals surface area contributed by atoms with Gasteiger partial charge in [-0.15, -0.1) is 0 Å². The molecule has 1 atom stereocenters. The molecular formula is C37H72O2. The van der Waals surface area contributed by atoms with E-state index >= 15 is 0 Å². The van der Waals surface area contributed by atoms with Crippen LogP contribution in [0.1, 0.15) is 207 Å². The molecule has 0 heterocycles. The van der Waals surface area contributed by atoms with Crippen LogP contribution in [0, 0.1) is 5.92 Å². The summed E-state index contributed by atoms with van der Waals surface area (Å²) in [6.45, 7) is 10.7. The van der Waals surface area contributed by atoms with Crippen LogP contribution >= 0.6 is 0 Å². The van der Waals surface area contributed by atoms with Crippen molar-refractivity contribution in [2.45, 2.75) is 207 Å². The Morgan fingerprint density at radius 3 is 1.00 bits per heavy atom. The van der Waals surface area contributed by atoms with Crippen LogP contribution in [0.15, 0.2) is 12.2 Å². The molecule has 0 rings (SSSR count). The lowest BCUT2D eigenvalue weighted by Crippen LogP contribution is -2.15. The highest BCUT2D eigenvalue weighted by atomic mass is 16.5. The highest BCUT2D eigenvalue weighted by molar-refractivity contribution is 5.86. The highest BCUT2D eigenvalue weighted by Gasteiger charge is 2.12. The number of rotatable bonds is 32. The van der Waals surface area contributed by atoms with Crippen molar-refractivity contribution in [3.05, 3.63) is 12.2 Å². The van der Waals surface area contributed by atoms with Crippen molar-refractivity contribution >= 4 is 5.97 Å². The minimum absolute atomic E-state index is 0.216. The largest absolute Gasteiger partial charge is 0.462 e. The third-order valence-electron chi connectivity index (χ3n) is 8.48. The van der Waals surface area contributed by atoms with Crippen molar-refractivity contribution in [2.75, 3.05) is 6.61 Å². The fraction of sp³-hybridized carbons (Fsp3) is 0.919. The maximum absolute atomic E-state index is 11.9. The van der Waals surface area contributed by atoms with Gasteiger partial charge in [0.05, 0.1) is 6.61 Å². The second kappa shape index (κ2) is 31.7. The lowest BCUT2D eigenvalue weighted by Gasteiger charge is -2.17. The van der Waals surface area contributed by atoms with Crippen LogP contribution in [-0.2, 0) is 9.53 Å². The van der Waals surface area contributed by atoms with Gasteiger partial charge in [0.15, 0.2) is 0 Å². The van der Waals surface area contributed by atoms with Crippen molar-refractivity contribution in [3.8, 4) is 0 Å². The van der Waals surface area contributed by atoms with Gasteiger partial charge in [-0.05, 0) is 25.7 Å². The summed E-state index contributed by atoms with van der Waals surface area (Å²) in [4.78, 5) is 11.9. The van der Waals surface area contributed by atoms with Crippen molar-refractivity contribution in [1.29, 1.82) is 0 Å². The van der Waals surface area contributed by atoms with Crippen LogP contribution in [0.5, 0.6) is 0 Å². The minimum Gasteiger partial charge on any atom is -0.462 e. The topological polar surface area (TPSA) is 26.3 Å². The van der Waals surface area contributed by atoms with E-state index in [-0.39, 0.29) is 5.97 Å². The Balaban J connectivity index is 3.77.